The third-order valence-electron chi connectivity index (χ3n) is 3.29. The van der Waals surface area contributed by atoms with Gasteiger partial charge in [0.1, 0.15) is 0 Å². The molecule has 2 aromatic rings. The molecule has 1 unspecified atom stereocenters. The maximum absolute atomic E-state index is 6.30. The van der Waals surface area contributed by atoms with E-state index in [9.17, 15) is 0 Å². The van der Waals surface area contributed by atoms with Gasteiger partial charge in [0.15, 0.2) is 0 Å². The minimum atomic E-state index is -0.0885. The largest absolute Gasteiger partial charge is 0.320 e. The number of aryl methyl sites for hydroxylation is 2. The summed E-state index contributed by atoms with van der Waals surface area (Å²) in [5.41, 5.74) is 11.1. The summed E-state index contributed by atoms with van der Waals surface area (Å²) in [4.78, 5) is 4.16. The van der Waals surface area contributed by atoms with E-state index in [1.54, 1.807) is 6.20 Å². The molecule has 0 aliphatic heterocycles. The van der Waals surface area contributed by atoms with Crippen molar-refractivity contribution in [3.8, 4) is 0 Å². The first-order valence-corrected chi connectivity index (χ1v) is 6.47. The molecule has 1 aromatic carbocycles. The Labute approximate surface area is 109 Å². The first-order chi connectivity index (χ1) is 8.72. The van der Waals surface area contributed by atoms with Crippen LogP contribution in [0.25, 0.3) is 0 Å². The van der Waals surface area contributed by atoms with Gasteiger partial charge in [0.2, 0.25) is 0 Å². The second-order valence-corrected chi connectivity index (χ2v) is 4.70. The normalized spacial score (nSPS) is 12.4. The predicted octanol–water partition coefficient (Wildman–Crippen LogP) is 3.39. The topological polar surface area (TPSA) is 38.9 Å². The van der Waals surface area contributed by atoms with Crippen molar-refractivity contribution in [3.63, 3.8) is 0 Å². The molecular weight excluding hydrogens is 220 g/mol. The Kier molecular flexibility index (Phi) is 4.11. The Morgan fingerprint density at radius 3 is 2.50 bits per heavy atom. The number of pyridine rings is 1. The van der Waals surface area contributed by atoms with Crippen LogP contribution in [0.1, 0.15) is 41.6 Å². The Balaban J connectivity index is 2.23. The first-order valence-electron chi connectivity index (χ1n) is 6.47. The average molecular weight is 240 g/mol. The Morgan fingerprint density at radius 2 is 1.89 bits per heavy atom. The van der Waals surface area contributed by atoms with Crippen molar-refractivity contribution in [2.24, 2.45) is 5.73 Å². The highest BCUT2D eigenvalue weighted by atomic mass is 14.7. The van der Waals surface area contributed by atoms with Gasteiger partial charge in [-0.3, -0.25) is 4.98 Å². The van der Waals surface area contributed by atoms with Crippen LogP contribution in [0.2, 0.25) is 0 Å². The molecule has 0 aliphatic rings. The summed E-state index contributed by atoms with van der Waals surface area (Å²) in [6.07, 6.45) is 5.96. The molecule has 0 aliphatic carbocycles. The van der Waals surface area contributed by atoms with E-state index in [0.29, 0.717) is 0 Å². The van der Waals surface area contributed by atoms with Crippen molar-refractivity contribution < 1.29 is 0 Å². The molecule has 0 bridgehead atoms. The SMILES string of the molecule is CCCc1ccc(C(N)c2cnccc2C)cc1. The van der Waals surface area contributed by atoms with E-state index in [-0.39, 0.29) is 6.04 Å². The minimum absolute atomic E-state index is 0.0885. The summed E-state index contributed by atoms with van der Waals surface area (Å²) in [7, 11) is 0. The summed E-state index contributed by atoms with van der Waals surface area (Å²) in [6, 6.07) is 10.5. The summed E-state index contributed by atoms with van der Waals surface area (Å²) >= 11 is 0. The molecule has 0 radical (unpaired) electrons. The molecular formula is C16H20N2. The molecule has 2 rings (SSSR count). The number of benzene rings is 1. The van der Waals surface area contributed by atoms with Crippen molar-refractivity contribution in [1.29, 1.82) is 0 Å². The van der Waals surface area contributed by atoms with E-state index in [4.69, 9.17) is 5.73 Å². The molecule has 0 spiro atoms. The molecule has 0 amide bonds. The molecule has 1 aromatic heterocycles. The first kappa shape index (κ1) is 12.8. The van der Waals surface area contributed by atoms with Gasteiger partial charge in [-0.2, -0.15) is 0 Å². The maximum Gasteiger partial charge on any atom is 0.0569 e. The lowest BCUT2D eigenvalue weighted by molar-refractivity contribution is 0.848. The second-order valence-electron chi connectivity index (χ2n) is 4.70. The van der Waals surface area contributed by atoms with Gasteiger partial charge in [0.05, 0.1) is 6.04 Å². The lowest BCUT2D eigenvalue weighted by Crippen LogP contribution is -2.13. The van der Waals surface area contributed by atoms with Gasteiger partial charge in [-0.25, -0.2) is 0 Å². The van der Waals surface area contributed by atoms with E-state index in [1.807, 2.05) is 12.3 Å². The lowest BCUT2D eigenvalue weighted by atomic mass is 9.96. The van der Waals surface area contributed by atoms with Crippen LogP contribution in [0.5, 0.6) is 0 Å². The molecule has 1 atom stereocenters. The zero-order valence-corrected chi connectivity index (χ0v) is 11.1. The fourth-order valence-electron chi connectivity index (χ4n) is 2.16. The van der Waals surface area contributed by atoms with Crippen LogP contribution in [-0.2, 0) is 6.42 Å². The van der Waals surface area contributed by atoms with Gasteiger partial charge in [-0.05, 0) is 41.7 Å². The van der Waals surface area contributed by atoms with E-state index in [2.05, 4.69) is 43.1 Å². The Bertz CT molecular complexity index is 503. The molecule has 2 nitrogen and oxygen atoms in total. The van der Waals surface area contributed by atoms with Crippen LogP contribution in [0, 0.1) is 6.92 Å². The number of nitrogens with zero attached hydrogens (tertiary/aromatic N) is 1. The molecule has 0 fully saturated rings. The van der Waals surface area contributed by atoms with E-state index in [0.717, 1.165) is 17.5 Å². The number of hydrogen-bond donors (Lipinski definition) is 1. The molecule has 1 heterocycles. The van der Waals surface area contributed by atoms with Crippen LogP contribution in [-0.4, -0.2) is 4.98 Å². The highest BCUT2D eigenvalue weighted by Gasteiger charge is 2.11. The fourth-order valence-corrected chi connectivity index (χ4v) is 2.16. The smallest absolute Gasteiger partial charge is 0.0569 e. The third-order valence-corrected chi connectivity index (χ3v) is 3.29. The molecule has 18 heavy (non-hydrogen) atoms. The van der Waals surface area contributed by atoms with Crippen molar-refractivity contribution in [1.82, 2.24) is 4.98 Å². The summed E-state index contributed by atoms with van der Waals surface area (Å²) < 4.78 is 0. The lowest BCUT2D eigenvalue weighted by Gasteiger charge is -2.15. The summed E-state index contributed by atoms with van der Waals surface area (Å²) in [6.45, 7) is 4.26. The monoisotopic (exact) mass is 240 g/mol. The van der Waals surface area contributed by atoms with Crippen LogP contribution < -0.4 is 5.73 Å². The zero-order valence-electron chi connectivity index (χ0n) is 11.1. The molecule has 94 valence electrons. The van der Waals surface area contributed by atoms with E-state index >= 15 is 0 Å². The standard InChI is InChI=1S/C16H20N2/c1-3-4-13-5-7-14(8-6-13)16(17)15-11-18-10-9-12(15)2/h5-11,16H,3-4,17H2,1-2H3. The van der Waals surface area contributed by atoms with E-state index in [1.165, 1.54) is 17.5 Å². The van der Waals surface area contributed by atoms with Gasteiger partial charge in [0.25, 0.3) is 0 Å². The quantitative estimate of drug-likeness (QED) is 0.889. The summed E-state index contributed by atoms with van der Waals surface area (Å²) in [5.74, 6) is 0. The Morgan fingerprint density at radius 1 is 1.17 bits per heavy atom. The third kappa shape index (κ3) is 2.77. The fraction of sp³-hybridized carbons (Fsp3) is 0.312. The molecule has 2 heteroatoms. The van der Waals surface area contributed by atoms with Crippen LogP contribution in [0.15, 0.2) is 42.7 Å². The number of rotatable bonds is 4. The van der Waals surface area contributed by atoms with E-state index < -0.39 is 0 Å². The molecule has 0 saturated heterocycles. The van der Waals surface area contributed by atoms with Crippen LogP contribution in [0.4, 0.5) is 0 Å². The summed E-state index contributed by atoms with van der Waals surface area (Å²) in [5, 5.41) is 0. The van der Waals surface area contributed by atoms with Crippen LogP contribution >= 0.6 is 0 Å². The van der Waals surface area contributed by atoms with Crippen molar-refractivity contribution in [2.75, 3.05) is 0 Å². The van der Waals surface area contributed by atoms with Gasteiger partial charge in [-0.15, -0.1) is 0 Å². The van der Waals surface area contributed by atoms with Gasteiger partial charge in [0, 0.05) is 12.4 Å². The van der Waals surface area contributed by atoms with Gasteiger partial charge in [-0.1, -0.05) is 37.6 Å². The van der Waals surface area contributed by atoms with Gasteiger partial charge >= 0.3 is 0 Å². The molecule has 0 saturated carbocycles. The highest BCUT2D eigenvalue weighted by molar-refractivity contribution is 5.35. The minimum Gasteiger partial charge on any atom is -0.320 e. The zero-order chi connectivity index (χ0) is 13.0. The second kappa shape index (κ2) is 5.78. The number of hydrogen-bond acceptors (Lipinski definition) is 2. The van der Waals surface area contributed by atoms with Crippen molar-refractivity contribution in [3.05, 3.63) is 65.0 Å². The number of aromatic nitrogens is 1. The highest BCUT2D eigenvalue weighted by Crippen LogP contribution is 2.22. The maximum atomic E-state index is 6.30. The number of nitrogens with two attached hydrogens (primary N) is 1. The van der Waals surface area contributed by atoms with Crippen molar-refractivity contribution in [2.45, 2.75) is 32.7 Å². The van der Waals surface area contributed by atoms with Crippen molar-refractivity contribution >= 4 is 0 Å². The predicted molar refractivity (Wildman–Crippen MR) is 75.4 cm³/mol. The Hall–Kier alpha value is -1.67. The van der Waals surface area contributed by atoms with Crippen LogP contribution in [0.3, 0.4) is 0 Å². The average Bonchev–Trinajstić information content (AvgIpc) is 2.40. The molecule has 2 N–H and O–H groups in total. The van der Waals surface area contributed by atoms with Gasteiger partial charge < -0.3 is 5.73 Å².